The molecule has 0 spiro atoms. The lowest BCUT2D eigenvalue weighted by atomic mass is 9.94. The Bertz CT molecular complexity index is 248. The van der Waals surface area contributed by atoms with E-state index in [9.17, 15) is 9.59 Å². The maximum atomic E-state index is 12.1. The van der Waals surface area contributed by atoms with Crippen LogP contribution < -0.4 is 5.73 Å². The number of amides is 2. The normalized spacial score (nSPS) is 18.8. The fraction of sp³-hybridized carbons (Fsp3) is 0.818. The molecule has 0 radical (unpaired) electrons. The molecule has 0 aromatic heterocycles. The van der Waals surface area contributed by atoms with E-state index in [-0.39, 0.29) is 17.7 Å². The van der Waals surface area contributed by atoms with E-state index < -0.39 is 0 Å². The Balaban J connectivity index is 2.52. The van der Waals surface area contributed by atoms with Crippen LogP contribution in [0.15, 0.2) is 0 Å². The van der Waals surface area contributed by atoms with Crippen molar-refractivity contribution in [1.82, 2.24) is 9.80 Å². The van der Waals surface area contributed by atoms with Crippen molar-refractivity contribution in [3.8, 4) is 0 Å². The highest BCUT2D eigenvalue weighted by atomic mass is 16.2. The molecular formula is C11H21N3O2. The molecule has 1 fully saturated rings. The Kier molecular flexibility index (Phi) is 4.73. The van der Waals surface area contributed by atoms with Crippen molar-refractivity contribution in [2.75, 3.05) is 32.7 Å². The minimum absolute atomic E-state index is 0.0946. The molecule has 2 amide bonds. The van der Waals surface area contributed by atoms with Gasteiger partial charge in [-0.05, 0) is 5.92 Å². The summed E-state index contributed by atoms with van der Waals surface area (Å²) in [5, 5.41) is 0. The average molecular weight is 227 g/mol. The predicted octanol–water partition coefficient (Wildman–Crippen LogP) is -0.482. The van der Waals surface area contributed by atoms with E-state index >= 15 is 0 Å². The Morgan fingerprint density at radius 3 is 2.25 bits per heavy atom. The van der Waals surface area contributed by atoms with Crippen LogP contribution in [0.3, 0.4) is 0 Å². The van der Waals surface area contributed by atoms with E-state index in [2.05, 4.69) is 0 Å². The van der Waals surface area contributed by atoms with Crippen LogP contribution in [0.1, 0.15) is 13.8 Å². The van der Waals surface area contributed by atoms with E-state index in [1.807, 2.05) is 18.7 Å². The first-order valence-corrected chi connectivity index (χ1v) is 5.78. The SMILES string of the molecule is CC(C)C(CN)C(=O)N1CCN(C=O)CC1. The zero-order valence-corrected chi connectivity index (χ0v) is 10.1. The number of carbonyl (C=O) groups excluding carboxylic acids is 2. The number of hydrogen-bond donors (Lipinski definition) is 1. The molecule has 5 heteroatoms. The first-order chi connectivity index (χ1) is 7.60. The summed E-state index contributed by atoms with van der Waals surface area (Å²) in [6.07, 6.45) is 0.838. The van der Waals surface area contributed by atoms with Gasteiger partial charge in [-0.1, -0.05) is 13.8 Å². The van der Waals surface area contributed by atoms with Crippen molar-refractivity contribution in [3.05, 3.63) is 0 Å². The molecule has 0 aromatic carbocycles. The Labute approximate surface area is 96.6 Å². The molecule has 0 aromatic rings. The smallest absolute Gasteiger partial charge is 0.227 e. The van der Waals surface area contributed by atoms with Crippen LogP contribution >= 0.6 is 0 Å². The van der Waals surface area contributed by atoms with Gasteiger partial charge < -0.3 is 15.5 Å². The third kappa shape index (κ3) is 2.95. The first-order valence-electron chi connectivity index (χ1n) is 5.78. The number of nitrogens with zero attached hydrogens (tertiary/aromatic N) is 2. The van der Waals surface area contributed by atoms with Gasteiger partial charge in [0.05, 0.1) is 5.92 Å². The Morgan fingerprint density at radius 1 is 1.31 bits per heavy atom. The molecule has 92 valence electrons. The van der Waals surface area contributed by atoms with Crippen LogP contribution in [0.5, 0.6) is 0 Å². The molecule has 1 heterocycles. The van der Waals surface area contributed by atoms with Gasteiger partial charge >= 0.3 is 0 Å². The molecule has 0 bridgehead atoms. The summed E-state index contributed by atoms with van der Waals surface area (Å²) in [5.74, 6) is 0.299. The molecule has 1 rings (SSSR count). The quantitative estimate of drug-likeness (QED) is 0.660. The Morgan fingerprint density at radius 2 is 1.88 bits per heavy atom. The fourth-order valence-corrected chi connectivity index (χ4v) is 1.94. The van der Waals surface area contributed by atoms with Crippen LogP contribution in [0, 0.1) is 11.8 Å². The molecule has 5 nitrogen and oxygen atoms in total. The monoisotopic (exact) mass is 227 g/mol. The zero-order chi connectivity index (χ0) is 12.1. The van der Waals surface area contributed by atoms with Crippen LogP contribution in [0.4, 0.5) is 0 Å². The number of rotatable bonds is 4. The third-order valence-corrected chi connectivity index (χ3v) is 3.15. The lowest BCUT2D eigenvalue weighted by Gasteiger charge is -2.35. The number of piperazine rings is 1. The minimum atomic E-state index is -0.0946. The lowest BCUT2D eigenvalue weighted by Crippen LogP contribution is -2.51. The lowest BCUT2D eigenvalue weighted by molar-refractivity contribution is -0.140. The van der Waals surface area contributed by atoms with Crippen molar-refractivity contribution in [2.24, 2.45) is 17.6 Å². The summed E-state index contributed by atoms with van der Waals surface area (Å²) < 4.78 is 0. The second-order valence-corrected chi connectivity index (χ2v) is 4.55. The molecule has 0 aliphatic carbocycles. The molecule has 1 unspecified atom stereocenters. The van der Waals surface area contributed by atoms with E-state index in [1.54, 1.807) is 4.90 Å². The van der Waals surface area contributed by atoms with Crippen molar-refractivity contribution in [1.29, 1.82) is 0 Å². The molecule has 1 aliphatic heterocycles. The van der Waals surface area contributed by atoms with E-state index in [4.69, 9.17) is 5.73 Å². The largest absolute Gasteiger partial charge is 0.342 e. The summed E-state index contributed by atoms with van der Waals surface area (Å²) in [6.45, 7) is 6.93. The molecule has 1 atom stereocenters. The van der Waals surface area contributed by atoms with Gasteiger partial charge in [0.1, 0.15) is 0 Å². The Hall–Kier alpha value is -1.10. The summed E-state index contributed by atoms with van der Waals surface area (Å²) in [4.78, 5) is 26.2. The van der Waals surface area contributed by atoms with Crippen LogP contribution in [-0.2, 0) is 9.59 Å². The van der Waals surface area contributed by atoms with Gasteiger partial charge in [-0.2, -0.15) is 0 Å². The molecule has 16 heavy (non-hydrogen) atoms. The van der Waals surface area contributed by atoms with Crippen molar-refractivity contribution < 1.29 is 9.59 Å². The summed E-state index contributed by atoms with van der Waals surface area (Å²) in [6, 6.07) is 0. The van der Waals surface area contributed by atoms with Gasteiger partial charge in [-0.25, -0.2) is 0 Å². The topological polar surface area (TPSA) is 66.6 Å². The maximum absolute atomic E-state index is 12.1. The van der Waals surface area contributed by atoms with Gasteiger partial charge in [0.15, 0.2) is 0 Å². The van der Waals surface area contributed by atoms with E-state index in [0.29, 0.717) is 32.7 Å². The fourth-order valence-electron chi connectivity index (χ4n) is 1.94. The second-order valence-electron chi connectivity index (χ2n) is 4.55. The van der Waals surface area contributed by atoms with Crippen LogP contribution in [0.2, 0.25) is 0 Å². The van der Waals surface area contributed by atoms with Gasteiger partial charge in [0.2, 0.25) is 12.3 Å². The highest BCUT2D eigenvalue weighted by Gasteiger charge is 2.27. The minimum Gasteiger partial charge on any atom is -0.342 e. The van der Waals surface area contributed by atoms with Gasteiger partial charge in [0, 0.05) is 32.7 Å². The highest BCUT2D eigenvalue weighted by Crippen LogP contribution is 2.14. The standard InChI is InChI=1S/C11H21N3O2/c1-9(2)10(7-12)11(16)14-5-3-13(8-15)4-6-14/h8-10H,3-7,12H2,1-2H3. The third-order valence-electron chi connectivity index (χ3n) is 3.15. The van der Waals surface area contributed by atoms with Crippen molar-refractivity contribution in [2.45, 2.75) is 13.8 Å². The number of nitrogens with two attached hydrogens (primary N) is 1. The van der Waals surface area contributed by atoms with E-state index in [1.165, 1.54) is 0 Å². The number of carbonyl (C=O) groups is 2. The van der Waals surface area contributed by atoms with Gasteiger partial charge in [-0.15, -0.1) is 0 Å². The van der Waals surface area contributed by atoms with Crippen LogP contribution in [-0.4, -0.2) is 54.8 Å². The zero-order valence-electron chi connectivity index (χ0n) is 10.1. The maximum Gasteiger partial charge on any atom is 0.227 e. The molecule has 0 saturated carbocycles. The summed E-state index contributed by atoms with van der Waals surface area (Å²) >= 11 is 0. The molecule has 1 saturated heterocycles. The van der Waals surface area contributed by atoms with Crippen molar-refractivity contribution >= 4 is 12.3 Å². The number of hydrogen-bond acceptors (Lipinski definition) is 3. The summed E-state index contributed by atoms with van der Waals surface area (Å²) in [7, 11) is 0. The summed E-state index contributed by atoms with van der Waals surface area (Å²) in [5.41, 5.74) is 5.62. The van der Waals surface area contributed by atoms with Gasteiger partial charge in [0.25, 0.3) is 0 Å². The first kappa shape index (κ1) is 13.0. The van der Waals surface area contributed by atoms with Crippen molar-refractivity contribution in [3.63, 3.8) is 0 Å². The molecule has 1 aliphatic rings. The second kappa shape index (κ2) is 5.84. The van der Waals surface area contributed by atoms with E-state index in [0.717, 1.165) is 6.41 Å². The average Bonchev–Trinajstić information content (AvgIpc) is 2.29. The predicted molar refractivity (Wildman–Crippen MR) is 61.6 cm³/mol. The molecule has 2 N–H and O–H groups in total. The van der Waals surface area contributed by atoms with Crippen LogP contribution in [0.25, 0.3) is 0 Å². The highest BCUT2D eigenvalue weighted by molar-refractivity contribution is 5.79. The molecular weight excluding hydrogens is 206 g/mol. The van der Waals surface area contributed by atoms with Gasteiger partial charge in [-0.3, -0.25) is 9.59 Å².